The number of hydrogen-bond acceptors (Lipinski definition) is 3. The number of carbonyl (C=O) groups is 1. The molecule has 0 bridgehead atoms. The zero-order chi connectivity index (χ0) is 12.6. The molecule has 0 heterocycles. The molecule has 0 rings (SSSR count). The molecule has 3 nitrogen and oxygen atoms in total. The van der Waals surface area contributed by atoms with Crippen molar-refractivity contribution in [1.29, 1.82) is 5.41 Å². The second-order valence-electron chi connectivity index (χ2n) is 3.37. The number of hydrogen-bond donors (Lipinski definition) is 1. The maximum Gasteiger partial charge on any atom is 0.205 e. The third-order valence-corrected chi connectivity index (χ3v) is 3.64. The van der Waals surface area contributed by atoms with Crippen molar-refractivity contribution in [3.63, 3.8) is 0 Å². The number of ketones is 1. The molecule has 4 heteroatoms. The summed E-state index contributed by atoms with van der Waals surface area (Å²) in [6, 6.07) is 0. The Morgan fingerprint density at radius 1 is 1.56 bits per heavy atom. The van der Waals surface area contributed by atoms with Crippen molar-refractivity contribution >= 4 is 34.3 Å². The van der Waals surface area contributed by atoms with Gasteiger partial charge in [0.1, 0.15) is 0 Å². The van der Waals surface area contributed by atoms with Crippen LogP contribution in [0.5, 0.6) is 0 Å². The fourth-order valence-corrected chi connectivity index (χ4v) is 1.82. The monoisotopic (exact) mass is 335 g/mol. The van der Waals surface area contributed by atoms with Crippen LogP contribution in [0.4, 0.5) is 0 Å². The minimum Gasteiger partial charge on any atom is -0.480 e. The van der Waals surface area contributed by atoms with E-state index >= 15 is 0 Å². The average molecular weight is 335 g/mol. The van der Waals surface area contributed by atoms with Crippen LogP contribution in [0.1, 0.15) is 26.2 Å². The van der Waals surface area contributed by atoms with Gasteiger partial charge in [-0.05, 0) is 25.3 Å². The van der Waals surface area contributed by atoms with Crippen LogP contribution in [-0.4, -0.2) is 21.7 Å². The molecule has 0 aromatic carbocycles. The number of halogens is 1. The van der Waals surface area contributed by atoms with E-state index in [1.807, 2.05) is 29.5 Å². The lowest BCUT2D eigenvalue weighted by molar-refractivity contribution is -0.115. The summed E-state index contributed by atoms with van der Waals surface area (Å²) in [7, 11) is 0. The maximum atomic E-state index is 11.8. The third-order valence-electron chi connectivity index (χ3n) is 2.08. The Morgan fingerprint density at radius 2 is 2.19 bits per heavy atom. The highest BCUT2D eigenvalue weighted by atomic mass is 127. The van der Waals surface area contributed by atoms with Gasteiger partial charge in [-0.1, -0.05) is 42.2 Å². The molecule has 0 spiro atoms. The molecule has 0 radical (unpaired) electrons. The Labute approximate surface area is 111 Å². The zero-order valence-electron chi connectivity index (χ0n) is 9.59. The SMILES string of the molecule is C=CCC[C@@](I)(C(=N)OCCC)C(=O)C=C. The summed E-state index contributed by atoms with van der Waals surface area (Å²) < 4.78 is 4.32. The minimum atomic E-state index is -0.928. The Hall–Kier alpha value is -0.650. The Morgan fingerprint density at radius 3 is 2.62 bits per heavy atom. The van der Waals surface area contributed by atoms with E-state index in [1.165, 1.54) is 6.08 Å². The first-order valence-corrected chi connectivity index (χ1v) is 6.29. The summed E-state index contributed by atoms with van der Waals surface area (Å²) in [5, 5.41) is 7.83. The lowest BCUT2D eigenvalue weighted by atomic mass is 9.97. The normalized spacial score (nSPS) is 13.6. The fourth-order valence-electron chi connectivity index (χ4n) is 1.13. The van der Waals surface area contributed by atoms with Gasteiger partial charge in [-0.3, -0.25) is 10.2 Å². The maximum absolute atomic E-state index is 11.8. The number of nitrogens with one attached hydrogen (secondary N) is 1. The minimum absolute atomic E-state index is 0.0155. The lowest BCUT2D eigenvalue weighted by Crippen LogP contribution is -2.40. The summed E-state index contributed by atoms with van der Waals surface area (Å²) in [6.07, 6.45) is 4.99. The van der Waals surface area contributed by atoms with E-state index in [9.17, 15) is 4.79 Å². The molecular weight excluding hydrogens is 317 g/mol. The summed E-state index contributed by atoms with van der Waals surface area (Å²) >= 11 is 1.97. The van der Waals surface area contributed by atoms with Crippen molar-refractivity contribution in [2.24, 2.45) is 0 Å². The van der Waals surface area contributed by atoms with Gasteiger partial charge in [-0.15, -0.1) is 6.58 Å². The largest absolute Gasteiger partial charge is 0.480 e. The van der Waals surface area contributed by atoms with Crippen LogP contribution in [0, 0.1) is 5.41 Å². The molecule has 0 aliphatic carbocycles. The number of rotatable bonds is 8. The van der Waals surface area contributed by atoms with E-state index in [2.05, 4.69) is 13.2 Å². The highest BCUT2D eigenvalue weighted by Gasteiger charge is 2.39. The van der Waals surface area contributed by atoms with Crippen LogP contribution >= 0.6 is 22.6 Å². The van der Waals surface area contributed by atoms with E-state index in [-0.39, 0.29) is 11.7 Å². The van der Waals surface area contributed by atoms with E-state index < -0.39 is 3.42 Å². The number of allylic oxidation sites excluding steroid dienone is 2. The molecule has 16 heavy (non-hydrogen) atoms. The first-order chi connectivity index (χ1) is 7.52. The number of alkyl halides is 1. The molecular formula is C12H18INO2. The second-order valence-corrected chi connectivity index (χ2v) is 5.22. The summed E-state index contributed by atoms with van der Waals surface area (Å²) in [5.41, 5.74) is 0. The van der Waals surface area contributed by atoms with Crippen LogP contribution in [-0.2, 0) is 9.53 Å². The molecule has 0 saturated carbocycles. The van der Waals surface area contributed by atoms with Crippen molar-refractivity contribution in [2.75, 3.05) is 6.61 Å². The van der Waals surface area contributed by atoms with Crippen molar-refractivity contribution in [2.45, 2.75) is 29.6 Å². The van der Waals surface area contributed by atoms with Crippen LogP contribution in [0.25, 0.3) is 0 Å². The predicted octanol–water partition coefficient (Wildman–Crippen LogP) is 3.29. The molecule has 0 aliphatic heterocycles. The van der Waals surface area contributed by atoms with Crippen LogP contribution in [0.3, 0.4) is 0 Å². The van der Waals surface area contributed by atoms with Gasteiger partial charge >= 0.3 is 0 Å². The van der Waals surface area contributed by atoms with Crippen LogP contribution in [0.2, 0.25) is 0 Å². The van der Waals surface area contributed by atoms with Crippen molar-refractivity contribution in [3.05, 3.63) is 25.3 Å². The molecule has 0 saturated heterocycles. The first-order valence-electron chi connectivity index (χ1n) is 5.21. The van der Waals surface area contributed by atoms with Gasteiger partial charge in [0.2, 0.25) is 5.90 Å². The van der Waals surface area contributed by atoms with Gasteiger partial charge in [0.05, 0.1) is 6.61 Å². The topological polar surface area (TPSA) is 50.1 Å². The smallest absolute Gasteiger partial charge is 0.205 e. The Bertz CT molecular complexity index is 289. The first kappa shape index (κ1) is 15.3. The quantitative estimate of drug-likeness (QED) is 0.185. The standard InChI is InChI=1S/C12H18INO2/c1-4-7-8-12(13,10(15)6-3)11(14)16-9-5-2/h4,6,14H,1,3,5,7-9H2,2H3/t12-/m0/s1. The molecule has 0 aromatic rings. The van der Waals surface area contributed by atoms with Gasteiger partial charge in [0.25, 0.3) is 0 Å². The molecule has 1 N–H and O–H groups in total. The van der Waals surface area contributed by atoms with Crippen molar-refractivity contribution in [3.8, 4) is 0 Å². The molecule has 0 aliphatic rings. The van der Waals surface area contributed by atoms with E-state index in [0.29, 0.717) is 19.4 Å². The van der Waals surface area contributed by atoms with Gasteiger partial charge in [-0.25, -0.2) is 0 Å². The molecule has 1 atom stereocenters. The number of carbonyl (C=O) groups excluding carboxylic acids is 1. The van der Waals surface area contributed by atoms with E-state index in [4.69, 9.17) is 10.1 Å². The summed E-state index contributed by atoms with van der Waals surface area (Å²) in [5.74, 6) is -0.169. The van der Waals surface area contributed by atoms with Crippen molar-refractivity contribution < 1.29 is 9.53 Å². The van der Waals surface area contributed by atoms with Gasteiger partial charge < -0.3 is 4.74 Å². The Balaban J connectivity index is 4.75. The Kier molecular flexibility index (Phi) is 7.29. The van der Waals surface area contributed by atoms with Gasteiger partial charge in [-0.2, -0.15) is 0 Å². The number of ether oxygens (including phenoxy) is 1. The van der Waals surface area contributed by atoms with Crippen LogP contribution < -0.4 is 0 Å². The fraction of sp³-hybridized carbons (Fsp3) is 0.500. The van der Waals surface area contributed by atoms with Gasteiger partial charge in [0.15, 0.2) is 9.20 Å². The highest BCUT2D eigenvalue weighted by molar-refractivity contribution is 14.1. The molecule has 0 unspecified atom stereocenters. The zero-order valence-corrected chi connectivity index (χ0v) is 11.7. The summed E-state index contributed by atoms with van der Waals surface area (Å²) in [4.78, 5) is 11.8. The molecule has 0 amide bonds. The molecule has 0 fully saturated rings. The lowest BCUT2D eigenvalue weighted by Gasteiger charge is -2.24. The summed E-state index contributed by atoms with van der Waals surface area (Å²) in [6.45, 7) is 9.50. The third kappa shape index (κ3) is 4.08. The van der Waals surface area contributed by atoms with Crippen molar-refractivity contribution in [1.82, 2.24) is 0 Å². The predicted molar refractivity (Wildman–Crippen MR) is 75.4 cm³/mol. The van der Waals surface area contributed by atoms with Gasteiger partial charge in [0, 0.05) is 0 Å². The molecule has 90 valence electrons. The second kappa shape index (κ2) is 7.60. The average Bonchev–Trinajstić information content (AvgIpc) is 2.31. The highest BCUT2D eigenvalue weighted by Crippen LogP contribution is 2.29. The van der Waals surface area contributed by atoms with Crippen LogP contribution in [0.15, 0.2) is 25.3 Å². The molecule has 0 aromatic heterocycles. The van der Waals surface area contributed by atoms with E-state index in [0.717, 1.165) is 6.42 Å². The van der Waals surface area contributed by atoms with E-state index in [1.54, 1.807) is 6.08 Å².